The van der Waals surface area contributed by atoms with Crippen LogP contribution in [0.15, 0.2) is 53.8 Å². The molecule has 8 nitrogen and oxygen atoms in total. The van der Waals surface area contributed by atoms with Crippen LogP contribution in [0.1, 0.15) is 62.6 Å². The van der Waals surface area contributed by atoms with Crippen LogP contribution in [0, 0.1) is 0 Å². The van der Waals surface area contributed by atoms with Crippen LogP contribution < -0.4 is 21.7 Å². The van der Waals surface area contributed by atoms with Crippen molar-refractivity contribution < 1.29 is 9.59 Å². The zero-order valence-electron chi connectivity index (χ0n) is 19.6. The van der Waals surface area contributed by atoms with E-state index in [9.17, 15) is 9.59 Å². The average Bonchev–Trinajstić information content (AvgIpc) is 2.85. The van der Waals surface area contributed by atoms with Crippen molar-refractivity contribution >= 4 is 18.3 Å². The normalized spacial score (nSPS) is 13.1. The highest BCUT2D eigenvalue weighted by Crippen LogP contribution is 2.24. The summed E-state index contributed by atoms with van der Waals surface area (Å²) >= 11 is 0. The van der Waals surface area contributed by atoms with Gasteiger partial charge in [0.25, 0.3) is 0 Å². The van der Waals surface area contributed by atoms with E-state index in [1.165, 1.54) is 0 Å². The molecule has 5 N–H and O–H groups in total. The van der Waals surface area contributed by atoms with Crippen molar-refractivity contribution in [2.24, 2.45) is 10.7 Å². The second kappa shape index (κ2) is 13.9. The highest BCUT2D eigenvalue weighted by Gasteiger charge is 2.32. The summed E-state index contributed by atoms with van der Waals surface area (Å²) in [6.45, 7) is 5.67. The third kappa shape index (κ3) is 8.56. The van der Waals surface area contributed by atoms with E-state index < -0.39 is 5.54 Å². The van der Waals surface area contributed by atoms with E-state index in [-0.39, 0.29) is 12.0 Å². The van der Waals surface area contributed by atoms with Gasteiger partial charge in [-0.05, 0) is 30.0 Å². The van der Waals surface area contributed by atoms with Gasteiger partial charge in [-0.25, -0.2) is 9.79 Å². The predicted molar refractivity (Wildman–Crippen MR) is 132 cm³/mol. The molecule has 0 saturated carbocycles. The topological polar surface area (TPSA) is 122 Å². The van der Waals surface area contributed by atoms with Gasteiger partial charge < -0.3 is 26.5 Å². The summed E-state index contributed by atoms with van der Waals surface area (Å²) in [6.07, 6.45) is 8.68. The molecule has 0 aliphatic heterocycles. The van der Waals surface area contributed by atoms with Gasteiger partial charge in [0.05, 0.1) is 6.54 Å². The highest BCUT2D eigenvalue weighted by atomic mass is 16.2. The largest absolute Gasteiger partial charge is 0.370 e. The van der Waals surface area contributed by atoms with E-state index in [4.69, 9.17) is 5.73 Å². The summed E-state index contributed by atoms with van der Waals surface area (Å²) in [7, 11) is 0. The minimum atomic E-state index is -0.953. The van der Waals surface area contributed by atoms with Gasteiger partial charge in [0.15, 0.2) is 5.96 Å². The van der Waals surface area contributed by atoms with E-state index in [1.807, 2.05) is 30.3 Å². The third-order valence-corrected chi connectivity index (χ3v) is 5.38. The van der Waals surface area contributed by atoms with Crippen LogP contribution in [0.4, 0.5) is 4.79 Å². The number of urea groups is 1. The van der Waals surface area contributed by atoms with Crippen LogP contribution >= 0.6 is 0 Å². The number of nitrogens with one attached hydrogen (secondary N) is 3. The second-order valence-corrected chi connectivity index (χ2v) is 8.04. The molecule has 178 valence electrons. The number of amides is 2. The number of nitrogens with two attached hydrogens (primary N) is 1. The smallest absolute Gasteiger partial charge is 0.315 e. The number of pyridine rings is 1. The summed E-state index contributed by atoms with van der Waals surface area (Å²) in [4.78, 5) is 32.5. The van der Waals surface area contributed by atoms with Crippen molar-refractivity contribution in [2.45, 2.75) is 64.6 Å². The molecule has 0 radical (unpaired) electrons. The lowest BCUT2D eigenvalue weighted by molar-refractivity contribution is -0.113. The van der Waals surface area contributed by atoms with E-state index in [0.717, 1.165) is 48.7 Å². The van der Waals surface area contributed by atoms with Crippen LogP contribution in [-0.2, 0) is 23.4 Å². The minimum Gasteiger partial charge on any atom is -0.370 e. The maximum Gasteiger partial charge on any atom is 0.315 e. The fourth-order valence-electron chi connectivity index (χ4n) is 3.35. The average molecular weight is 453 g/mol. The molecule has 1 aromatic carbocycles. The van der Waals surface area contributed by atoms with Gasteiger partial charge in [-0.1, -0.05) is 63.4 Å². The Bertz CT molecular complexity index is 886. The van der Waals surface area contributed by atoms with Crippen LogP contribution in [-0.4, -0.2) is 29.8 Å². The molecule has 2 amide bonds. The van der Waals surface area contributed by atoms with Crippen molar-refractivity contribution in [1.82, 2.24) is 20.9 Å². The van der Waals surface area contributed by atoms with Gasteiger partial charge in [-0.2, -0.15) is 0 Å². The maximum absolute atomic E-state index is 12.1. The molecular weight excluding hydrogens is 416 g/mol. The van der Waals surface area contributed by atoms with Crippen molar-refractivity contribution in [2.75, 3.05) is 6.54 Å². The fraction of sp³-hybridized carbons (Fsp3) is 0.440. The van der Waals surface area contributed by atoms with Gasteiger partial charge in [-0.15, -0.1) is 0 Å². The molecule has 2 rings (SSSR count). The van der Waals surface area contributed by atoms with E-state index in [1.54, 1.807) is 18.5 Å². The molecule has 1 unspecified atom stereocenters. The Kier molecular flexibility index (Phi) is 10.9. The molecule has 1 aromatic heterocycles. The van der Waals surface area contributed by atoms with Crippen molar-refractivity contribution in [3.8, 4) is 0 Å². The predicted octanol–water partition coefficient (Wildman–Crippen LogP) is 3.37. The Morgan fingerprint density at radius 2 is 1.82 bits per heavy atom. The molecule has 0 aliphatic rings. The molecule has 8 heteroatoms. The number of nitrogens with zero attached hydrogens (tertiary/aromatic N) is 2. The highest BCUT2D eigenvalue weighted by molar-refractivity contribution is 5.84. The van der Waals surface area contributed by atoms with Crippen LogP contribution in [0.25, 0.3) is 0 Å². The van der Waals surface area contributed by atoms with Crippen LogP contribution in [0.5, 0.6) is 0 Å². The van der Waals surface area contributed by atoms with Gasteiger partial charge in [0.1, 0.15) is 11.8 Å². The summed E-state index contributed by atoms with van der Waals surface area (Å²) in [5.74, 6) is 0.205. The van der Waals surface area contributed by atoms with E-state index in [0.29, 0.717) is 26.1 Å². The van der Waals surface area contributed by atoms with Gasteiger partial charge in [-0.3, -0.25) is 4.98 Å². The van der Waals surface area contributed by atoms with Crippen molar-refractivity contribution in [3.05, 3.63) is 65.5 Å². The maximum atomic E-state index is 12.1. The molecule has 0 aliphatic carbocycles. The molecule has 2 aromatic rings. The van der Waals surface area contributed by atoms with Gasteiger partial charge >= 0.3 is 6.03 Å². The third-order valence-electron chi connectivity index (χ3n) is 5.38. The number of aliphatic imine (C=N–C) groups is 1. The molecule has 1 heterocycles. The first kappa shape index (κ1) is 25.8. The molecule has 0 bridgehead atoms. The Hall–Kier alpha value is -3.42. The Morgan fingerprint density at radius 3 is 2.45 bits per heavy atom. The first-order valence-corrected chi connectivity index (χ1v) is 11.6. The number of hydrogen-bond donors (Lipinski definition) is 4. The SMILES string of the molecule is CCCCNC(=O)NCc1ccc(CN=C(N)NC(C=O)(CCCC)c2cccnc2)cc1. The summed E-state index contributed by atoms with van der Waals surface area (Å²) in [5, 5.41) is 8.81. The second-order valence-electron chi connectivity index (χ2n) is 8.04. The number of hydrogen-bond acceptors (Lipinski definition) is 4. The quantitative estimate of drug-likeness (QED) is 0.161. The molecule has 0 saturated heterocycles. The first-order chi connectivity index (χ1) is 16.0. The fourth-order valence-corrected chi connectivity index (χ4v) is 3.35. The summed E-state index contributed by atoms with van der Waals surface area (Å²) in [6, 6.07) is 11.3. The number of carbonyl (C=O) groups excluding carboxylic acids is 2. The summed E-state index contributed by atoms with van der Waals surface area (Å²) < 4.78 is 0. The Balaban J connectivity index is 1.96. The Morgan fingerprint density at radius 1 is 1.09 bits per heavy atom. The zero-order valence-corrected chi connectivity index (χ0v) is 19.6. The molecule has 1 atom stereocenters. The number of aldehydes is 1. The lowest BCUT2D eigenvalue weighted by Gasteiger charge is -2.30. The molecule has 33 heavy (non-hydrogen) atoms. The molecule has 0 fully saturated rings. The zero-order chi connectivity index (χ0) is 23.9. The number of guanidine groups is 1. The monoisotopic (exact) mass is 452 g/mol. The molecular formula is C25H36N6O2. The summed E-state index contributed by atoms with van der Waals surface area (Å²) in [5.41, 5.74) is 7.94. The number of rotatable bonds is 13. The number of carbonyl (C=O) groups is 2. The van der Waals surface area contributed by atoms with Crippen molar-refractivity contribution in [3.63, 3.8) is 0 Å². The number of aromatic nitrogens is 1. The van der Waals surface area contributed by atoms with E-state index >= 15 is 0 Å². The number of unbranched alkanes of at least 4 members (excludes halogenated alkanes) is 2. The lowest BCUT2D eigenvalue weighted by atomic mass is 9.87. The number of benzene rings is 1. The lowest BCUT2D eigenvalue weighted by Crippen LogP contribution is -2.50. The van der Waals surface area contributed by atoms with Gasteiger partial charge in [0, 0.05) is 31.0 Å². The molecule has 0 spiro atoms. The van der Waals surface area contributed by atoms with Crippen molar-refractivity contribution in [1.29, 1.82) is 0 Å². The first-order valence-electron chi connectivity index (χ1n) is 11.6. The van der Waals surface area contributed by atoms with Crippen LogP contribution in [0.3, 0.4) is 0 Å². The Labute approximate surface area is 196 Å². The van der Waals surface area contributed by atoms with E-state index in [2.05, 4.69) is 39.8 Å². The van der Waals surface area contributed by atoms with Gasteiger partial charge in [0.2, 0.25) is 0 Å². The van der Waals surface area contributed by atoms with Crippen LogP contribution in [0.2, 0.25) is 0 Å². The minimum absolute atomic E-state index is 0.161. The standard InChI is InChI=1S/C25H36N6O2/c1-3-5-13-25(19-32,22-8-7-14-27-18-22)31-23(26)29-16-20-9-11-21(12-10-20)17-30-24(33)28-15-6-4-2/h7-12,14,18-19H,3-6,13,15-17H2,1-2H3,(H3,26,29,31)(H2,28,30,33).